The minimum Gasteiger partial charge on any atom is -0.455 e. The Kier molecular flexibility index (Phi) is 5.21. The number of carbonyl (C=O) groups is 1. The van der Waals surface area contributed by atoms with Crippen LogP contribution in [0.1, 0.15) is 19.3 Å². The zero-order chi connectivity index (χ0) is 15.9. The summed E-state index contributed by atoms with van der Waals surface area (Å²) < 4.78 is 5.82. The molecule has 2 heterocycles. The monoisotopic (exact) mass is 311 g/mol. The number of nitrogens with zero attached hydrogens (tertiary/aromatic N) is 1. The topological polar surface area (TPSA) is 63.2 Å². The summed E-state index contributed by atoms with van der Waals surface area (Å²) in [5.74, 6) is 1.94. The van der Waals surface area contributed by atoms with Crippen molar-refractivity contribution in [2.45, 2.75) is 19.3 Å². The lowest BCUT2D eigenvalue weighted by Gasteiger charge is -2.12. The molecule has 1 aromatic heterocycles. The van der Waals surface area contributed by atoms with E-state index in [0.717, 1.165) is 31.7 Å². The zero-order valence-electron chi connectivity index (χ0n) is 13.0. The van der Waals surface area contributed by atoms with Gasteiger partial charge in [-0.25, -0.2) is 0 Å². The van der Waals surface area contributed by atoms with Gasteiger partial charge in [-0.1, -0.05) is 18.2 Å². The van der Waals surface area contributed by atoms with Gasteiger partial charge in [0, 0.05) is 18.7 Å². The first kappa shape index (κ1) is 15.5. The van der Waals surface area contributed by atoms with Crippen molar-refractivity contribution in [2.24, 2.45) is 5.92 Å². The number of benzene rings is 1. The molecule has 1 saturated heterocycles. The molecule has 1 amide bonds. The van der Waals surface area contributed by atoms with E-state index in [2.05, 4.69) is 15.6 Å². The molecule has 23 heavy (non-hydrogen) atoms. The molecule has 1 atom stereocenters. The van der Waals surface area contributed by atoms with Gasteiger partial charge >= 0.3 is 0 Å². The van der Waals surface area contributed by atoms with Crippen LogP contribution in [0.4, 0.5) is 5.69 Å². The number of para-hydroxylation sites is 1. The number of rotatable bonds is 6. The van der Waals surface area contributed by atoms with Gasteiger partial charge in [-0.15, -0.1) is 0 Å². The Balaban J connectivity index is 1.59. The average Bonchev–Trinajstić information content (AvgIpc) is 3.09. The molecule has 0 spiro atoms. The normalized spacial score (nSPS) is 17.0. The van der Waals surface area contributed by atoms with Crippen LogP contribution in [0.15, 0.2) is 48.8 Å². The second kappa shape index (κ2) is 7.74. The van der Waals surface area contributed by atoms with Crippen molar-refractivity contribution in [1.29, 1.82) is 0 Å². The van der Waals surface area contributed by atoms with Crippen molar-refractivity contribution in [3.63, 3.8) is 0 Å². The largest absolute Gasteiger partial charge is 0.455 e. The molecule has 5 heteroatoms. The molecule has 1 fully saturated rings. The Morgan fingerprint density at radius 3 is 2.96 bits per heavy atom. The summed E-state index contributed by atoms with van der Waals surface area (Å²) >= 11 is 0. The van der Waals surface area contributed by atoms with Gasteiger partial charge in [0.1, 0.15) is 11.4 Å². The Bertz CT molecular complexity index is 640. The van der Waals surface area contributed by atoms with Crippen LogP contribution in [0.3, 0.4) is 0 Å². The molecule has 3 rings (SSSR count). The fraction of sp³-hybridized carbons (Fsp3) is 0.333. The van der Waals surface area contributed by atoms with E-state index >= 15 is 0 Å². The van der Waals surface area contributed by atoms with Crippen LogP contribution in [0.5, 0.6) is 11.5 Å². The molecule has 5 nitrogen and oxygen atoms in total. The first-order valence-corrected chi connectivity index (χ1v) is 7.99. The Hall–Kier alpha value is -2.40. The van der Waals surface area contributed by atoms with Crippen LogP contribution in [-0.2, 0) is 4.79 Å². The maximum Gasteiger partial charge on any atom is 0.224 e. The number of nitrogens with one attached hydrogen (secondary N) is 2. The lowest BCUT2D eigenvalue weighted by atomic mass is 10.0. The van der Waals surface area contributed by atoms with Gasteiger partial charge in [0.15, 0.2) is 5.75 Å². The van der Waals surface area contributed by atoms with Gasteiger partial charge in [-0.2, -0.15) is 0 Å². The molecule has 0 radical (unpaired) electrons. The third-order valence-corrected chi connectivity index (χ3v) is 3.97. The van der Waals surface area contributed by atoms with Crippen LogP contribution < -0.4 is 15.4 Å². The number of anilines is 1. The molecule has 1 aromatic carbocycles. The van der Waals surface area contributed by atoms with Gasteiger partial charge in [0.25, 0.3) is 0 Å². The highest BCUT2D eigenvalue weighted by atomic mass is 16.5. The fourth-order valence-corrected chi connectivity index (χ4v) is 2.69. The lowest BCUT2D eigenvalue weighted by molar-refractivity contribution is -0.116. The van der Waals surface area contributed by atoms with Crippen molar-refractivity contribution < 1.29 is 9.53 Å². The van der Waals surface area contributed by atoms with Gasteiger partial charge in [-0.3, -0.25) is 9.78 Å². The summed E-state index contributed by atoms with van der Waals surface area (Å²) in [6.07, 6.45) is 5.86. The second-order valence-corrected chi connectivity index (χ2v) is 5.73. The molecule has 120 valence electrons. The van der Waals surface area contributed by atoms with Crippen LogP contribution in [0, 0.1) is 5.92 Å². The maximum absolute atomic E-state index is 12.2. The highest BCUT2D eigenvalue weighted by Gasteiger charge is 2.16. The predicted octanol–water partition coefficient (Wildman–Crippen LogP) is 3.20. The minimum absolute atomic E-state index is 0.00260. The van der Waals surface area contributed by atoms with Crippen molar-refractivity contribution in [3.8, 4) is 11.5 Å². The van der Waals surface area contributed by atoms with Crippen molar-refractivity contribution in [1.82, 2.24) is 10.3 Å². The summed E-state index contributed by atoms with van der Waals surface area (Å²) in [5.41, 5.74) is 0.603. The summed E-state index contributed by atoms with van der Waals surface area (Å²) in [4.78, 5) is 16.2. The predicted molar refractivity (Wildman–Crippen MR) is 89.6 cm³/mol. The number of hydrogen-bond donors (Lipinski definition) is 2. The van der Waals surface area contributed by atoms with E-state index in [1.54, 1.807) is 18.5 Å². The fourth-order valence-electron chi connectivity index (χ4n) is 2.69. The van der Waals surface area contributed by atoms with Gasteiger partial charge in [-0.05, 0) is 44.0 Å². The van der Waals surface area contributed by atoms with Gasteiger partial charge in [0.2, 0.25) is 5.91 Å². The molecular weight excluding hydrogens is 290 g/mol. The van der Waals surface area contributed by atoms with Crippen molar-refractivity contribution in [3.05, 3.63) is 48.8 Å². The van der Waals surface area contributed by atoms with E-state index in [9.17, 15) is 4.79 Å². The molecule has 0 aliphatic carbocycles. The first-order chi connectivity index (χ1) is 11.3. The SMILES string of the molecule is O=C(CCC1CCNC1)Nc1cnccc1Oc1ccccc1. The number of amides is 1. The number of ether oxygens (including phenoxy) is 1. The minimum atomic E-state index is 0.00260. The zero-order valence-corrected chi connectivity index (χ0v) is 13.0. The molecule has 0 bridgehead atoms. The van der Waals surface area contributed by atoms with Crippen LogP contribution >= 0.6 is 0 Å². The van der Waals surface area contributed by atoms with Crippen LogP contribution in [0.2, 0.25) is 0 Å². The van der Waals surface area contributed by atoms with Crippen LogP contribution in [0.25, 0.3) is 0 Å². The molecule has 2 N–H and O–H groups in total. The van der Waals surface area contributed by atoms with Crippen LogP contribution in [-0.4, -0.2) is 24.0 Å². The molecule has 1 aliphatic heterocycles. The van der Waals surface area contributed by atoms with Crippen molar-refractivity contribution in [2.75, 3.05) is 18.4 Å². The van der Waals surface area contributed by atoms with E-state index in [-0.39, 0.29) is 5.91 Å². The molecule has 1 unspecified atom stereocenters. The highest BCUT2D eigenvalue weighted by molar-refractivity contribution is 5.92. The Morgan fingerprint density at radius 2 is 2.17 bits per heavy atom. The van der Waals surface area contributed by atoms with E-state index in [1.165, 1.54) is 0 Å². The Labute approximate surface area is 136 Å². The van der Waals surface area contributed by atoms with E-state index in [4.69, 9.17) is 4.74 Å². The number of hydrogen-bond acceptors (Lipinski definition) is 4. The summed E-state index contributed by atoms with van der Waals surface area (Å²) in [6.45, 7) is 2.08. The summed E-state index contributed by atoms with van der Waals surface area (Å²) in [5, 5.41) is 6.23. The second-order valence-electron chi connectivity index (χ2n) is 5.73. The van der Waals surface area contributed by atoms with Gasteiger partial charge in [0.05, 0.1) is 6.20 Å². The number of aromatic nitrogens is 1. The molecular formula is C18H21N3O2. The van der Waals surface area contributed by atoms with E-state index in [1.807, 2.05) is 30.3 Å². The number of carbonyl (C=O) groups excluding carboxylic acids is 1. The quantitative estimate of drug-likeness (QED) is 0.860. The Morgan fingerprint density at radius 1 is 1.30 bits per heavy atom. The molecule has 0 saturated carbocycles. The summed E-state index contributed by atoms with van der Waals surface area (Å²) in [7, 11) is 0. The standard InChI is InChI=1S/C18H21N3O2/c22-18(7-6-14-8-10-19-12-14)21-16-13-20-11-9-17(16)23-15-4-2-1-3-5-15/h1-5,9,11,13-14,19H,6-8,10,12H2,(H,21,22). The summed E-state index contributed by atoms with van der Waals surface area (Å²) in [6, 6.07) is 11.2. The molecule has 2 aromatic rings. The average molecular weight is 311 g/mol. The lowest BCUT2D eigenvalue weighted by Crippen LogP contribution is -2.15. The third-order valence-electron chi connectivity index (χ3n) is 3.97. The van der Waals surface area contributed by atoms with E-state index < -0.39 is 0 Å². The third kappa shape index (κ3) is 4.53. The number of pyridine rings is 1. The smallest absolute Gasteiger partial charge is 0.224 e. The highest BCUT2D eigenvalue weighted by Crippen LogP contribution is 2.28. The van der Waals surface area contributed by atoms with Gasteiger partial charge < -0.3 is 15.4 Å². The maximum atomic E-state index is 12.2. The van der Waals surface area contributed by atoms with Crippen molar-refractivity contribution >= 4 is 11.6 Å². The molecule has 1 aliphatic rings. The van der Waals surface area contributed by atoms with E-state index in [0.29, 0.717) is 23.8 Å². The first-order valence-electron chi connectivity index (χ1n) is 7.99.